The van der Waals surface area contributed by atoms with Gasteiger partial charge in [-0.3, -0.25) is 9.59 Å². The normalized spacial score (nSPS) is 29.2. The first kappa shape index (κ1) is 12.7. The molecule has 0 unspecified atom stereocenters. The number of nitrogens with zero attached hydrogens (tertiary/aromatic N) is 2. The molecular formula is C10H16N2O4S. The van der Waals surface area contributed by atoms with Crippen molar-refractivity contribution in [1.82, 2.24) is 9.80 Å². The second kappa shape index (κ2) is 5.24. The van der Waals surface area contributed by atoms with E-state index in [-0.39, 0.29) is 30.7 Å². The largest absolute Gasteiger partial charge is 0.388 e. The minimum atomic E-state index is -0.845. The van der Waals surface area contributed by atoms with Crippen LogP contribution >= 0.6 is 11.8 Å². The highest BCUT2D eigenvalue weighted by atomic mass is 32.2. The molecule has 0 aromatic carbocycles. The maximum absolute atomic E-state index is 11.8. The van der Waals surface area contributed by atoms with E-state index >= 15 is 0 Å². The molecule has 0 aliphatic carbocycles. The first-order valence-electron chi connectivity index (χ1n) is 5.63. The van der Waals surface area contributed by atoms with Gasteiger partial charge in [0.1, 0.15) is 0 Å². The molecule has 2 heterocycles. The zero-order valence-electron chi connectivity index (χ0n) is 9.41. The number of carbonyl (C=O) groups is 2. The number of amides is 2. The summed E-state index contributed by atoms with van der Waals surface area (Å²) in [6.45, 7) is 1.49. The summed E-state index contributed by atoms with van der Waals surface area (Å²) in [5.41, 5.74) is 0. The highest BCUT2D eigenvalue weighted by Crippen LogP contribution is 2.18. The third kappa shape index (κ3) is 2.91. The highest BCUT2D eigenvalue weighted by Gasteiger charge is 2.32. The third-order valence-electron chi connectivity index (χ3n) is 3.05. The number of rotatable bonds is 3. The molecule has 2 aliphatic heterocycles. The van der Waals surface area contributed by atoms with E-state index in [0.29, 0.717) is 13.1 Å². The number of hydrogen-bond acceptors (Lipinski definition) is 5. The average molecular weight is 260 g/mol. The fraction of sp³-hybridized carbons (Fsp3) is 0.800. The van der Waals surface area contributed by atoms with Crippen LogP contribution in [0.3, 0.4) is 0 Å². The fourth-order valence-corrected chi connectivity index (χ4v) is 2.84. The van der Waals surface area contributed by atoms with E-state index in [1.54, 1.807) is 4.90 Å². The number of thioether (sulfide) groups is 1. The zero-order chi connectivity index (χ0) is 12.4. The third-order valence-corrected chi connectivity index (χ3v) is 3.94. The minimum Gasteiger partial charge on any atom is -0.388 e. The van der Waals surface area contributed by atoms with Gasteiger partial charge in [-0.15, -0.1) is 0 Å². The number of likely N-dealkylation sites (tertiary alicyclic amines) is 1. The molecule has 2 atom stereocenters. The lowest BCUT2D eigenvalue weighted by molar-refractivity contribution is -0.130. The molecule has 2 aliphatic rings. The number of hydrogen-bond donors (Lipinski definition) is 2. The molecule has 2 rings (SSSR count). The summed E-state index contributed by atoms with van der Waals surface area (Å²) in [5.74, 6) is 0.666. The van der Waals surface area contributed by atoms with Crippen LogP contribution in [0.15, 0.2) is 0 Å². The summed E-state index contributed by atoms with van der Waals surface area (Å²) in [4.78, 5) is 26.2. The maximum Gasteiger partial charge on any atom is 0.281 e. The Morgan fingerprint density at radius 2 is 2.00 bits per heavy atom. The van der Waals surface area contributed by atoms with Gasteiger partial charge in [0.25, 0.3) is 5.24 Å². The standard InChI is InChI=1S/C10H16N2O4S/c13-7-5-12(6-8(7)14)9(15)1-2-11-3-4-17-10(11)16/h7-8,13-14H,1-6H2/t7-,8+. The van der Waals surface area contributed by atoms with Crippen LogP contribution in [0.1, 0.15) is 6.42 Å². The Labute approximate surface area is 104 Å². The Bertz CT molecular complexity index is 315. The second-order valence-electron chi connectivity index (χ2n) is 4.28. The molecule has 0 saturated carbocycles. The van der Waals surface area contributed by atoms with E-state index in [1.165, 1.54) is 16.7 Å². The highest BCUT2D eigenvalue weighted by molar-refractivity contribution is 8.13. The van der Waals surface area contributed by atoms with Crippen LogP contribution < -0.4 is 0 Å². The lowest BCUT2D eigenvalue weighted by atomic mass is 10.3. The second-order valence-corrected chi connectivity index (χ2v) is 5.33. The lowest BCUT2D eigenvalue weighted by Gasteiger charge is -2.18. The van der Waals surface area contributed by atoms with E-state index in [1.807, 2.05) is 0 Å². The SMILES string of the molecule is O=C(CCN1CCSC1=O)N1C[C@@H](O)[C@@H](O)C1. The molecule has 17 heavy (non-hydrogen) atoms. The van der Waals surface area contributed by atoms with Gasteiger partial charge in [-0.2, -0.15) is 0 Å². The monoisotopic (exact) mass is 260 g/mol. The van der Waals surface area contributed by atoms with Crippen molar-refractivity contribution in [3.05, 3.63) is 0 Å². The molecule has 0 spiro atoms. The van der Waals surface area contributed by atoms with E-state index in [9.17, 15) is 19.8 Å². The predicted molar refractivity (Wildman–Crippen MR) is 62.6 cm³/mol. The summed E-state index contributed by atoms with van der Waals surface area (Å²) in [5, 5.41) is 18.7. The van der Waals surface area contributed by atoms with Gasteiger partial charge in [0.2, 0.25) is 5.91 Å². The Kier molecular flexibility index (Phi) is 3.90. The van der Waals surface area contributed by atoms with Crippen LogP contribution in [-0.4, -0.2) is 75.3 Å². The summed E-state index contributed by atoms with van der Waals surface area (Å²) < 4.78 is 0. The summed E-state index contributed by atoms with van der Waals surface area (Å²) in [6.07, 6.45) is -1.43. The quantitative estimate of drug-likeness (QED) is 0.688. The molecule has 2 N–H and O–H groups in total. The number of carbonyl (C=O) groups excluding carboxylic acids is 2. The van der Waals surface area contributed by atoms with Crippen LogP contribution in [0.5, 0.6) is 0 Å². The van der Waals surface area contributed by atoms with Gasteiger partial charge in [0, 0.05) is 38.4 Å². The number of β-amino-alcohol motifs (C(OH)–C–C–N with tert-alkyl or cyclic N) is 2. The van der Waals surface area contributed by atoms with Crippen molar-refractivity contribution in [1.29, 1.82) is 0 Å². The Balaban J connectivity index is 1.76. The topological polar surface area (TPSA) is 81.1 Å². The van der Waals surface area contributed by atoms with Crippen molar-refractivity contribution in [3.8, 4) is 0 Å². The molecule has 2 fully saturated rings. The molecule has 0 aromatic rings. The predicted octanol–water partition coefficient (Wildman–Crippen LogP) is -0.891. The van der Waals surface area contributed by atoms with E-state index in [4.69, 9.17) is 0 Å². The van der Waals surface area contributed by atoms with Crippen LogP contribution in [0, 0.1) is 0 Å². The Hall–Kier alpha value is -0.790. The van der Waals surface area contributed by atoms with E-state index in [0.717, 1.165) is 5.75 Å². The summed E-state index contributed by atoms with van der Waals surface area (Å²) in [7, 11) is 0. The van der Waals surface area contributed by atoms with Crippen molar-refractivity contribution in [2.75, 3.05) is 31.9 Å². The molecule has 2 saturated heterocycles. The van der Waals surface area contributed by atoms with Crippen molar-refractivity contribution in [2.24, 2.45) is 0 Å². The summed E-state index contributed by atoms with van der Waals surface area (Å²) >= 11 is 1.27. The molecule has 0 bridgehead atoms. The molecule has 96 valence electrons. The van der Waals surface area contributed by atoms with Crippen molar-refractivity contribution >= 4 is 22.9 Å². The first-order valence-corrected chi connectivity index (χ1v) is 6.62. The fourth-order valence-electron chi connectivity index (χ4n) is 1.99. The van der Waals surface area contributed by atoms with Crippen molar-refractivity contribution < 1.29 is 19.8 Å². The molecular weight excluding hydrogens is 244 g/mol. The first-order chi connectivity index (χ1) is 8.08. The lowest BCUT2D eigenvalue weighted by Crippen LogP contribution is -2.34. The van der Waals surface area contributed by atoms with E-state index < -0.39 is 12.2 Å². The van der Waals surface area contributed by atoms with E-state index in [2.05, 4.69) is 0 Å². The summed E-state index contributed by atoms with van der Waals surface area (Å²) in [6, 6.07) is 0. The Morgan fingerprint density at radius 3 is 2.53 bits per heavy atom. The van der Waals surface area contributed by atoms with Gasteiger partial charge in [0.15, 0.2) is 0 Å². The molecule has 0 aromatic heterocycles. The van der Waals surface area contributed by atoms with Crippen LogP contribution in [0.4, 0.5) is 4.79 Å². The molecule has 2 amide bonds. The van der Waals surface area contributed by atoms with Crippen molar-refractivity contribution in [3.63, 3.8) is 0 Å². The van der Waals surface area contributed by atoms with Crippen molar-refractivity contribution in [2.45, 2.75) is 18.6 Å². The minimum absolute atomic E-state index is 0.0271. The van der Waals surface area contributed by atoms with Gasteiger partial charge in [-0.1, -0.05) is 11.8 Å². The molecule has 0 radical (unpaired) electrons. The van der Waals surface area contributed by atoms with Gasteiger partial charge >= 0.3 is 0 Å². The van der Waals surface area contributed by atoms with Crippen LogP contribution in [-0.2, 0) is 4.79 Å². The van der Waals surface area contributed by atoms with Crippen LogP contribution in [0.2, 0.25) is 0 Å². The smallest absolute Gasteiger partial charge is 0.281 e. The molecule has 6 nitrogen and oxygen atoms in total. The Morgan fingerprint density at radius 1 is 1.35 bits per heavy atom. The zero-order valence-corrected chi connectivity index (χ0v) is 10.2. The number of aliphatic hydroxyl groups is 2. The number of aliphatic hydroxyl groups excluding tert-OH is 2. The maximum atomic E-state index is 11.8. The van der Waals surface area contributed by atoms with Crippen LogP contribution in [0.25, 0.3) is 0 Å². The van der Waals surface area contributed by atoms with Gasteiger partial charge < -0.3 is 20.0 Å². The molecule has 7 heteroatoms. The average Bonchev–Trinajstić information content (AvgIpc) is 2.83. The van der Waals surface area contributed by atoms with Gasteiger partial charge in [-0.25, -0.2) is 0 Å². The van der Waals surface area contributed by atoms with Gasteiger partial charge in [0.05, 0.1) is 12.2 Å². The van der Waals surface area contributed by atoms with Gasteiger partial charge in [-0.05, 0) is 0 Å².